The van der Waals surface area contributed by atoms with Crippen LogP contribution in [0.15, 0.2) is 24.3 Å². The first kappa shape index (κ1) is 16.1. The van der Waals surface area contributed by atoms with Crippen molar-refractivity contribution in [3.63, 3.8) is 0 Å². The van der Waals surface area contributed by atoms with Gasteiger partial charge in [0.25, 0.3) is 5.91 Å². The summed E-state index contributed by atoms with van der Waals surface area (Å²) in [4.78, 5) is 14.1. The van der Waals surface area contributed by atoms with Gasteiger partial charge >= 0.3 is 0 Å². The molecule has 2 rings (SSSR count). The second-order valence-corrected chi connectivity index (χ2v) is 6.02. The molecule has 0 aromatic heterocycles. The Morgan fingerprint density at radius 3 is 2.81 bits per heavy atom. The molecule has 0 radical (unpaired) electrons. The van der Waals surface area contributed by atoms with E-state index in [-0.39, 0.29) is 11.9 Å². The summed E-state index contributed by atoms with van der Waals surface area (Å²) in [7, 11) is 1.74. The minimum absolute atomic E-state index is 0.114. The molecule has 0 aliphatic heterocycles. The molecule has 1 aliphatic rings. The largest absolute Gasteiger partial charge is 0.481 e. The number of benzene rings is 1. The third kappa shape index (κ3) is 4.11. The fraction of sp³-hybridized carbons (Fsp3) is 0.562. The van der Waals surface area contributed by atoms with Gasteiger partial charge in [0.1, 0.15) is 5.75 Å². The Balaban J connectivity index is 1.98. The Hall–Kier alpha value is -1.26. The standard InChI is InChI=1S/C16H22ClNO3/c1-11(21-13-7-5-6-12(17)10-13)16(20)18(2)14-8-3-4-9-15(14)19/h5-7,10-11,14-15,19H,3-4,8-9H2,1-2H3/t11-,14+,15-/m0/s1. The van der Waals surface area contributed by atoms with E-state index in [1.807, 2.05) is 0 Å². The molecule has 4 nitrogen and oxygen atoms in total. The van der Waals surface area contributed by atoms with Crippen LogP contribution in [0.2, 0.25) is 5.02 Å². The lowest BCUT2D eigenvalue weighted by Crippen LogP contribution is -2.50. The van der Waals surface area contributed by atoms with Gasteiger partial charge in [-0.25, -0.2) is 0 Å². The molecule has 1 aromatic rings. The average Bonchev–Trinajstić information content (AvgIpc) is 2.46. The van der Waals surface area contributed by atoms with Crippen LogP contribution in [0.5, 0.6) is 5.75 Å². The van der Waals surface area contributed by atoms with Gasteiger partial charge in [-0.1, -0.05) is 30.5 Å². The van der Waals surface area contributed by atoms with Crippen molar-refractivity contribution < 1.29 is 14.6 Å². The Bertz CT molecular complexity index is 494. The molecule has 1 aromatic carbocycles. The Labute approximate surface area is 130 Å². The number of rotatable bonds is 4. The zero-order valence-corrected chi connectivity index (χ0v) is 13.2. The summed E-state index contributed by atoms with van der Waals surface area (Å²) in [5.74, 6) is 0.446. The lowest BCUT2D eigenvalue weighted by Gasteiger charge is -2.36. The van der Waals surface area contributed by atoms with Crippen molar-refractivity contribution in [2.45, 2.75) is 50.9 Å². The van der Waals surface area contributed by atoms with E-state index in [2.05, 4.69) is 0 Å². The van der Waals surface area contributed by atoms with E-state index in [1.54, 1.807) is 43.1 Å². The summed E-state index contributed by atoms with van der Waals surface area (Å²) < 4.78 is 5.65. The highest BCUT2D eigenvalue weighted by molar-refractivity contribution is 6.30. The minimum Gasteiger partial charge on any atom is -0.481 e. The van der Waals surface area contributed by atoms with E-state index in [4.69, 9.17) is 16.3 Å². The molecule has 21 heavy (non-hydrogen) atoms. The minimum atomic E-state index is -0.609. The van der Waals surface area contributed by atoms with Gasteiger partial charge in [0, 0.05) is 12.1 Å². The fourth-order valence-corrected chi connectivity index (χ4v) is 2.97. The zero-order valence-electron chi connectivity index (χ0n) is 12.5. The highest BCUT2D eigenvalue weighted by Gasteiger charge is 2.31. The van der Waals surface area contributed by atoms with Crippen molar-refractivity contribution in [1.82, 2.24) is 4.90 Å². The van der Waals surface area contributed by atoms with Gasteiger partial charge in [-0.15, -0.1) is 0 Å². The smallest absolute Gasteiger partial charge is 0.263 e. The number of ether oxygens (including phenoxy) is 1. The van der Waals surface area contributed by atoms with E-state index in [0.717, 1.165) is 25.7 Å². The number of aliphatic hydroxyl groups excluding tert-OH is 1. The van der Waals surface area contributed by atoms with Crippen LogP contribution in [0, 0.1) is 0 Å². The number of likely N-dealkylation sites (N-methyl/N-ethyl adjacent to an activating group) is 1. The van der Waals surface area contributed by atoms with Gasteiger partial charge in [-0.3, -0.25) is 4.79 Å². The maximum atomic E-state index is 12.4. The van der Waals surface area contributed by atoms with Crippen molar-refractivity contribution in [3.05, 3.63) is 29.3 Å². The summed E-state index contributed by atoms with van der Waals surface area (Å²) in [6.45, 7) is 1.72. The molecule has 1 aliphatic carbocycles. The first-order valence-corrected chi connectivity index (χ1v) is 7.74. The molecule has 0 unspecified atom stereocenters. The molecule has 1 amide bonds. The maximum absolute atomic E-state index is 12.4. The van der Waals surface area contributed by atoms with Crippen molar-refractivity contribution in [3.8, 4) is 5.75 Å². The number of aliphatic hydroxyl groups is 1. The Morgan fingerprint density at radius 1 is 1.43 bits per heavy atom. The summed E-state index contributed by atoms with van der Waals surface area (Å²) in [6, 6.07) is 6.87. The number of hydrogen-bond acceptors (Lipinski definition) is 3. The number of carbonyl (C=O) groups excluding carboxylic acids is 1. The van der Waals surface area contributed by atoms with Crippen molar-refractivity contribution >= 4 is 17.5 Å². The highest BCUT2D eigenvalue weighted by Crippen LogP contribution is 2.24. The first-order chi connectivity index (χ1) is 9.99. The molecule has 5 heteroatoms. The van der Waals surface area contributed by atoms with Crippen molar-refractivity contribution in [2.24, 2.45) is 0 Å². The maximum Gasteiger partial charge on any atom is 0.263 e. The molecular weight excluding hydrogens is 290 g/mol. The zero-order chi connectivity index (χ0) is 15.4. The molecule has 0 heterocycles. The predicted molar refractivity (Wildman–Crippen MR) is 82.6 cm³/mol. The van der Waals surface area contributed by atoms with Crippen LogP contribution in [-0.2, 0) is 4.79 Å². The molecule has 3 atom stereocenters. The molecule has 1 N–H and O–H groups in total. The van der Waals surface area contributed by atoms with Crippen LogP contribution < -0.4 is 4.74 Å². The summed E-state index contributed by atoms with van der Waals surface area (Å²) in [6.07, 6.45) is 2.62. The molecule has 1 fully saturated rings. The monoisotopic (exact) mass is 311 g/mol. The van der Waals surface area contributed by atoms with E-state index in [0.29, 0.717) is 10.8 Å². The molecule has 0 saturated heterocycles. The number of halogens is 1. The molecule has 116 valence electrons. The van der Waals surface area contributed by atoms with Crippen LogP contribution in [0.3, 0.4) is 0 Å². The molecule has 1 saturated carbocycles. The van der Waals surface area contributed by atoms with E-state index >= 15 is 0 Å². The second-order valence-electron chi connectivity index (χ2n) is 5.59. The summed E-state index contributed by atoms with van der Waals surface area (Å²) in [5.41, 5.74) is 0. The first-order valence-electron chi connectivity index (χ1n) is 7.36. The van der Waals surface area contributed by atoms with Crippen LogP contribution in [0.4, 0.5) is 0 Å². The third-order valence-electron chi connectivity index (χ3n) is 4.00. The number of nitrogens with zero attached hydrogens (tertiary/aromatic N) is 1. The van der Waals surface area contributed by atoms with Gasteiger partial charge in [0.15, 0.2) is 6.10 Å². The van der Waals surface area contributed by atoms with E-state index < -0.39 is 12.2 Å². The summed E-state index contributed by atoms with van der Waals surface area (Å²) >= 11 is 5.90. The van der Waals surface area contributed by atoms with Crippen molar-refractivity contribution in [2.75, 3.05) is 7.05 Å². The fourth-order valence-electron chi connectivity index (χ4n) is 2.79. The van der Waals surface area contributed by atoms with E-state index in [9.17, 15) is 9.90 Å². The predicted octanol–water partition coefficient (Wildman–Crippen LogP) is 2.87. The Morgan fingerprint density at radius 2 is 2.14 bits per heavy atom. The van der Waals surface area contributed by atoms with Crippen LogP contribution >= 0.6 is 11.6 Å². The third-order valence-corrected chi connectivity index (χ3v) is 4.23. The normalized spacial score (nSPS) is 23.4. The Kier molecular flexibility index (Phi) is 5.48. The lowest BCUT2D eigenvalue weighted by molar-refractivity contribution is -0.142. The van der Waals surface area contributed by atoms with Gasteiger partial charge in [-0.2, -0.15) is 0 Å². The quantitative estimate of drug-likeness (QED) is 0.930. The van der Waals surface area contributed by atoms with E-state index in [1.165, 1.54) is 0 Å². The van der Waals surface area contributed by atoms with Gasteiger partial charge in [0.2, 0.25) is 0 Å². The average molecular weight is 312 g/mol. The number of hydrogen-bond donors (Lipinski definition) is 1. The van der Waals surface area contributed by atoms with Crippen LogP contribution in [-0.4, -0.2) is 41.2 Å². The highest BCUT2D eigenvalue weighted by atomic mass is 35.5. The number of amides is 1. The molecule has 0 spiro atoms. The lowest BCUT2D eigenvalue weighted by atomic mass is 9.91. The summed E-state index contributed by atoms with van der Waals surface area (Å²) in [5, 5.41) is 10.6. The second kappa shape index (κ2) is 7.14. The van der Waals surface area contributed by atoms with Crippen LogP contribution in [0.25, 0.3) is 0 Å². The van der Waals surface area contributed by atoms with Crippen molar-refractivity contribution in [1.29, 1.82) is 0 Å². The number of carbonyl (C=O) groups is 1. The molecule has 0 bridgehead atoms. The van der Waals surface area contributed by atoms with Gasteiger partial charge < -0.3 is 14.7 Å². The van der Waals surface area contributed by atoms with Gasteiger partial charge in [0.05, 0.1) is 12.1 Å². The van der Waals surface area contributed by atoms with Gasteiger partial charge in [-0.05, 0) is 38.0 Å². The molecular formula is C16H22ClNO3. The topological polar surface area (TPSA) is 49.8 Å². The SMILES string of the molecule is C[C@H](Oc1cccc(Cl)c1)C(=O)N(C)[C@@H]1CCCC[C@@H]1O. The van der Waals surface area contributed by atoms with Crippen LogP contribution in [0.1, 0.15) is 32.6 Å².